The summed E-state index contributed by atoms with van der Waals surface area (Å²) in [5.74, 6) is 0.815. The van der Waals surface area contributed by atoms with E-state index in [4.69, 9.17) is 5.73 Å². The highest BCUT2D eigenvalue weighted by Crippen LogP contribution is 2.14. The Labute approximate surface area is 56.8 Å². The third-order valence-corrected chi connectivity index (χ3v) is 1.84. The molecule has 1 rings (SSSR count). The minimum Gasteiger partial charge on any atom is -0.330 e. The van der Waals surface area contributed by atoms with Gasteiger partial charge in [0.15, 0.2) is 0 Å². The molecule has 3 N–H and O–H groups in total. The zero-order chi connectivity index (χ0) is 6.69. The van der Waals surface area contributed by atoms with Gasteiger partial charge in [0.25, 0.3) is 0 Å². The summed E-state index contributed by atoms with van der Waals surface area (Å²) in [6, 6.07) is 0.826. The molecule has 1 heterocycles. The number of rotatable bonds is 4. The van der Waals surface area contributed by atoms with E-state index >= 15 is 0 Å². The van der Waals surface area contributed by atoms with Crippen LogP contribution in [0.5, 0.6) is 0 Å². The van der Waals surface area contributed by atoms with Gasteiger partial charge in [0, 0.05) is 12.6 Å². The monoisotopic (exact) mass is 128 g/mol. The Hall–Kier alpha value is -0.0800. The molecule has 9 heavy (non-hydrogen) atoms. The largest absolute Gasteiger partial charge is 0.330 e. The normalized spacial score (nSPS) is 28.0. The van der Waals surface area contributed by atoms with Gasteiger partial charge in [-0.1, -0.05) is 6.92 Å². The van der Waals surface area contributed by atoms with E-state index in [0.29, 0.717) is 0 Å². The second-order valence-electron chi connectivity index (χ2n) is 3.02. The molecule has 1 aliphatic rings. The van der Waals surface area contributed by atoms with E-state index in [-0.39, 0.29) is 0 Å². The van der Waals surface area contributed by atoms with E-state index < -0.39 is 0 Å². The Kier molecular flexibility index (Phi) is 2.49. The number of hydrogen-bond donors (Lipinski definition) is 2. The van der Waals surface area contributed by atoms with Crippen molar-refractivity contribution in [2.75, 3.05) is 13.1 Å². The van der Waals surface area contributed by atoms with Crippen molar-refractivity contribution in [3.05, 3.63) is 0 Å². The van der Waals surface area contributed by atoms with Crippen molar-refractivity contribution in [2.45, 2.75) is 25.8 Å². The average molecular weight is 128 g/mol. The van der Waals surface area contributed by atoms with Crippen LogP contribution in [0.3, 0.4) is 0 Å². The standard InChI is InChI=1S/C7H16N2/c1-6(2-3-8)4-7-5-9-7/h6-7,9H,2-5,8H2,1H3. The highest BCUT2D eigenvalue weighted by molar-refractivity contribution is 4.84. The Balaban J connectivity index is 1.95. The summed E-state index contributed by atoms with van der Waals surface area (Å²) in [6.07, 6.45) is 2.50. The van der Waals surface area contributed by atoms with Gasteiger partial charge in [-0.05, 0) is 25.3 Å². The van der Waals surface area contributed by atoms with Gasteiger partial charge in [0.1, 0.15) is 0 Å². The van der Waals surface area contributed by atoms with Crippen LogP contribution >= 0.6 is 0 Å². The van der Waals surface area contributed by atoms with Crippen molar-refractivity contribution in [2.24, 2.45) is 11.7 Å². The quantitative estimate of drug-likeness (QED) is 0.536. The van der Waals surface area contributed by atoms with Crippen LogP contribution in [0, 0.1) is 5.92 Å². The molecule has 2 heteroatoms. The maximum Gasteiger partial charge on any atom is 0.0195 e. The zero-order valence-electron chi connectivity index (χ0n) is 6.06. The summed E-state index contributed by atoms with van der Waals surface area (Å²) in [5, 5.41) is 3.28. The first-order valence-electron chi connectivity index (χ1n) is 3.76. The van der Waals surface area contributed by atoms with E-state index in [1.807, 2.05) is 0 Å². The Morgan fingerprint density at radius 3 is 2.89 bits per heavy atom. The van der Waals surface area contributed by atoms with Gasteiger partial charge in [-0.25, -0.2) is 0 Å². The molecule has 2 nitrogen and oxygen atoms in total. The molecule has 1 saturated heterocycles. The topological polar surface area (TPSA) is 48.0 Å². The van der Waals surface area contributed by atoms with Crippen molar-refractivity contribution >= 4 is 0 Å². The van der Waals surface area contributed by atoms with Crippen molar-refractivity contribution in [1.82, 2.24) is 5.32 Å². The molecule has 0 aromatic heterocycles. The highest BCUT2D eigenvalue weighted by atomic mass is 15.1. The third kappa shape index (κ3) is 2.82. The number of nitrogens with two attached hydrogens (primary N) is 1. The third-order valence-electron chi connectivity index (χ3n) is 1.84. The first kappa shape index (κ1) is 7.03. The molecule has 0 bridgehead atoms. The van der Waals surface area contributed by atoms with Crippen LogP contribution in [-0.4, -0.2) is 19.1 Å². The molecule has 1 aliphatic heterocycles. The first-order valence-corrected chi connectivity index (χ1v) is 3.76. The molecule has 2 unspecified atom stereocenters. The molecule has 0 aliphatic carbocycles. The molecular formula is C7H16N2. The zero-order valence-corrected chi connectivity index (χ0v) is 6.06. The molecule has 0 saturated carbocycles. The molecule has 54 valence electrons. The van der Waals surface area contributed by atoms with Crippen molar-refractivity contribution in [1.29, 1.82) is 0 Å². The molecule has 2 atom stereocenters. The average Bonchev–Trinajstić information content (AvgIpc) is 2.50. The van der Waals surface area contributed by atoms with Crippen LogP contribution in [0.2, 0.25) is 0 Å². The molecule has 0 aromatic rings. The van der Waals surface area contributed by atoms with Gasteiger partial charge in [0.05, 0.1) is 0 Å². The first-order chi connectivity index (χ1) is 4.33. The molecule has 0 amide bonds. The summed E-state index contributed by atoms with van der Waals surface area (Å²) < 4.78 is 0. The fraction of sp³-hybridized carbons (Fsp3) is 1.00. The Morgan fingerprint density at radius 1 is 1.78 bits per heavy atom. The maximum absolute atomic E-state index is 5.41. The predicted molar refractivity (Wildman–Crippen MR) is 39.2 cm³/mol. The SMILES string of the molecule is CC(CCN)CC1CN1. The Morgan fingerprint density at radius 2 is 2.44 bits per heavy atom. The Bertz CT molecular complexity index is 79.0. The summed E-state index contributed by atoms with van der Waals surface area (Å²) in [4.78, 5) is 0. The van der Waals surface area contributed by atoms with Crippen LogP contribution in [0.15, 0.2) is 0 Å². The van der Waals surface area contributed by atoms with Gasteiger partial charge < -0.3 is 11.1 Å². The van der Waals surface area contributed by atoms with Crippen LogP contribution in [-0.2, 0) is 0 Å². The number of nitrogens with one attached hydrogen (secondary N) is 1. The van der Waals surface area contributed by atoms with Crippen molar-refractivity contribution in [3.8, 4) is 0 Å². The summed E-state index contributed by atoms with van der Waals surface area (Å²) >= 11 is 0. The minimum absolute atomic E-state index is 0.815. The molecular weight excluding hydrogens is 112 g/mol. The lowest BCUT2D eigenvalue weighted by Crippen LogP contribution is -2.08. The lowest BCUT2D eigenvalue weighted by Gasteiger charge is -2.06. The van der Waals surface area contributed by atoms with Crippen LogP contribution in [0.25, 0.3) is 0 Å². The van der Waals surface area contributed by atoms with Gasteiger partial charge in [0.2, 0.25) is 0 Å². The van der Waals surface area contributed by atoms with Crippen LogP contribution in [0.4, 0.5) is 0 Å². The second-order valence-corrected chi connectivity index (χ2v) is 3.02. The predicted octanol–water partition coefficient (Wildman–Crippen LogP) is 0.333. The molecule has 1 fully saturated rings. The van der Waals surface area contributed by atoms with E-state index in [2.05, 4.69) is 12.2 Å². The fourth-order valence-electron chi connectivity index (χ4n) is 1.14. The molecule has 0 radical (unpaired) electrons. The smallest absolute Gasteiger partial charge is 0.0195 e. The molecule has 0 aromatic carbocycles. The lowest BCUT2D eigenvalue weighted by molar-refractivity contribution is 0.496. The van der Waals surface area contributed by atoms with Gasteiger partial charge in [-0.15, -0.1) is 0 Å². The van der Waals surface area contributed by atoms with Crippen molar-refractivity contribution in [3.63, 3.8) is 0 Å². The van der Waals surface area contributed by atoms with Gasteiger partial charge >= 0.3 is 0 Å². The van der Waals surface area contributed by atoms with E-state index in [1.54, 1.807) is 0 Å². The van der Waals surface area contributed by atoms with Crippen LogP contribution in [0.1, 0.15) is 19.8 Å². The van der Waals surface area contributed by atoms with E-state index in [0.717, 1.165) is 18.5 Å². The minimum atomic E-state index is 0.815. The summed E-state index contributed by atoms with van der Waals surface area (Å²) in [7, 11) is 0. The second kappa shape index (κ2) is 3.18. The molecule has 0 spiro atoms. The van der Waals surface area contributed by atoms with Crippen molar-refractivity contribution < 1.29 is 0 Å². The summed E-state index contributed by atoms with van der Waals surface area (Å²) in [6.45, 7) is 4.34. The van der Waals surface area contributed by atoms with Gasteiger partial charge in [-0.2, -0.15) is 0 Å². The maximum atomic E-state index is 5.41. The number of hydrogen-bond acceptors (Lipinski definition) is 2. The van der Waals surface area contributed by atoms with E-state index in [1.165, 1.54) is 19.4 Å². The highest BCUT2D eigenvalue weighted by Gasteiger charge is 2.21. The van der Waals surface area contributed by atoms with Gasteiger partial charge in [-0.3, -0.25) is 0 Å². The summed E-state index contributed by atoms with van der Waals surface area (Å²) in [5.41, 5.74) is 5.41. The lowest BCUT2D eigenvalue weighted by atomic mass is 10.0. The van der Waals surface area contributed by atoms with E-state index in [9.17, 15) is 0 Å². The van der Waals surface area contributed by atoms with Crippen LogP contribution < -0.4 is 11.1 Å². The fourth-order valence-corrected chi connectivity index (χ4v) is 1.14.